The minimum absolute atomic E-state index is 0.0590. The number of aromatic carboxylic acids is 1. The number of nitrogens with zero attached hydrogens (tertiary/aromatic N) is 1. The molecule has 1 fully saturated rings. The van der Waals surface area contributed by atoms with E-state index in [0.29, 0.717) is 5.06 Å². The number of hydrogen-bond acceptors (Lipinski definition) is 5. The number of hydrogen-bond donors (Lipinski definition) is 2. The summed E-state index contributed by atoms with van der Waals surface area (Å²) in [5.74, 6) is -2.11. The molecule has 0 aromatic heterocycles. The van der Waals surface area contributed by atoms with Gasteiger partial charge in [-0.25, -0.2) is 4.79 Å². The van der Waals surface area contributed by atoms with Crippen molar-refractivity contribution in [3.63, 3.8) is 0 Å². The third-order valence-corrected chi connectivity index (χ3v) is 2.65. The van der Waals surface area contributed by atoms with E-state index in [2.05, 4.69) is 0 Å². The maximum absolute atomic E-state index is 11.3. The van der Waals surface area contributed by atoms with Gasteiger partial charge in [0.05, 0.1) is 5.56 Å². The lowest BCUT2D eigenvalue weighted by Gasteiger charge is -2.15. The second kappa shape index (κ2) is 5.21. The standard InChI is InChI=1S/C11H10BNO6/c14-9-5-6-10(15)13(9)19-12(18)8-3-1-7(2-4-8)11(16)17/h1-4,18H,5-6H2,(H,16,17). The van der Waals surface area contributed by atoms with Gasteiger partial charge in [-0.15, -0.1) is 0 Å². The van der Waals surface area contributed by atoms with Crippen LogP contribution in [0.1, 0.15) is 23.2 Å². The molecule has 19 heavy (non-hydrogen) atoms. The van der Waals surface area contributed by atoms with Gasteiger partial charge in [-0.2, -0.15) is 5.06 Å². The van der Waals surface area contributed by atoms with Crippen LogP contribution in [0.15, 0.2) is 24.3 Å². The van der Waals surface area contributed by atoms with E-state index < -0.39 is 24.9 Å². The zero-order valence-electron chi connectivity index (χ0n) is 9.78. The number of benzene rings is 1. The Kier molecular flexibility index (Phi) is 3.63. The van der Waals surface area contributed by atoms with Crippen LogP contribution in [0, 0.1) is 0 Å². The predicted octanol–water partition coefficient (Wildman–Crippen LogP) is -0.847. The van der Waals surface area contributed by atoms with Crippen molar-refractivity contribution in [2.75, 3.05) is 0 Å². The molecule has 7 nitrogen and oxygen atoms in total. The molecule has 1 aromatic rings. The second-order valence-corrected chi connectivity index (χ2v) is 3.97. The van der Waals surface area contributed by atoms with Gasteiger partial charge in [0.15, 0.2) is 0 Å². The van der Waals surface area contributed by atoms with Crippen LogP contribution in [0.2, 0.25) is 0 Å². The Morgan fingerprint density at radius 1 is 1.16 bits per heavy atom. The van der Waals surface area contributed by atoms with E-state index in [1.807, 2.05) is 0 Å². The van der Waals surface area contributed by atoms with Gasteiger partial charge in [0.1, 0.15) is 0 Å². The summed E-state index contributed by atoms with van der Waals surface area (Å²) in [5.41, 5.74) is 0.307. The van der Waals surface area contributed by atoms with Crippen molar-refractivity contribution < 1.29 is 29.3 Å². The Bertz CT molecular complexity index is 512. The highest BCUT2D eigenvalue weighted by Crippen LogP contribution is 2.12. The van der Waals surface area contributed by atoms with Gasteiger partial charge in [0.25, 0.3) is 11.8 Å². The average molecular weight is 263 g/mol. The number of carbonyl (C=O) groups is 3. The third kappa shape index (κ3) is 2.80. The molecule has 2 amide bonds. The van der Waals surface area contributed by atoms with Crippen LogP contribution in [-0.4, -0.2) is 40.1 Å². The smallest absolute Gasteiger partial charge is 0.478 e. The molecule has 1 aliphatic heterocycles. The topological polar surface area (TPSA) is 104 Å². The zero-order chi connectivity index (χ0) is 14.0. The van der Waals surface area contributed by atoms with Gasteiger partial charge in [0.2, 0.25) is 0 Å². The van der Waals surface area contributed by atoms with Crippen LogP contribution < -0.4 is 5.46 Å². The van der Waals surface area contributed by atoms with Crippen LogP contribution >= 0.6 is 0 Å². The van der Waals surface area contributed by atoms with Crippen molar-refractivity contribution in [1.29, 1.82) is 0 Å². The molecule has 0 unspecified atom stereocenters. The van der Waals surface area contributed by atoms with E-state index in [1.165, 1.54) is 24.3 Å². The average Bonchev–Trinajstić information content (AvgIpc) is 2.70. The summed E-state index contributed by atoms with van der Waals surface area (Å²) in [4.78, 5) is 33.2. The first-order valence-corrected chi connectivity index (χ1v) is 5.53. The first-order valence-electron chi connectivity index (χ1n) is 5.53. The molecule has 1 aromatic carbocycles. The summed E-state index contributed by atoms with van der Waals surface area (Å²) in [5, 5.41) is 19.0. The normalized spacial score (nSPS) is 14.9. The lowest BCUT2D eigenvalue weighted by atomic mass is 9.80. The van der Waals surface area contributed by atoms with Gasteiger partial charge in [-0.1, -0.05) is 12.1 Å². The maximum Gasteiger partial charge on any atom is 0.515 e. The number of hydroxylamine groups is 2. The highest BCUT2D eigenvalue weighted by atomic mass is 16.7. The lowest BCUT2D eigenvalue weighted by molar-refractivity contribution is -0.167. The Morgan fingerprint density at radius 2 is 1.68 bits per heavy atom. The number of carboxylic acids is 1. The molecule has 0 aliphatic carbocycles. The van der Waals surface area contributed by atoms with Crippen molar-refractivity contribution in [2.45, 2.75) is 12.8 Å². The quantitative estimate of drug-likeness (QED) is 0.541. The van der Waals surface area contributed by atoms with Crippen LogP contribution in [0.5, 0.6) is 0 Å². The molecule has 2 rings (SSSR count). The van der Waals surface area contributed by atoms with Gasteiger partial charge in [-0.3, -0.25) is 14.3 Å². The van der Waals surface area contributed by atoms with Crippen molar-refractivity contribution in [2.24, 2.45) is 0 Å². The van der Waals surface area contributed by atoms with Crippen LogP contribution in [0.3, 0.4) is 0 Å². The predicted molar refractivity (Wildman–Crippen MR) is 63.2 cm³/mol. The molecule has 0 atom stereocenters. The minimum Gasteiger partial charge on any atom is -0.478 e. The first-order chi connectivity index (χ1) is 8.99. The largest absolute Gasteiger partial charge is 0.515 e. The number of imide groups is 1. The molecule has 98 valence electrons. The summed E-state index contributed by atoms with van der Waals surface area (Å²) in [6, 6.07) is 5.27. The van der Waals surface area contributed by atoms with Crippen LogP contribution in [-0.2, 0) is 14.3 Å². The van der Waals surface area contributed by atoms with E-state index in [0.717, 1.165) is 0 Å². The lowest BCUT2D eigenvalue weighted by Crippen LogP contribution is -2.43. The third-order valence-electron chi connectivity index (χ3n) is 2.65. The Hall–Kier alpha value is -2.19. The molecular weight excluding hydrogens is 253 g/mol. The molecular formula is C11H10BNO6. The minimum atomic E-state index is -1.51. The van der Waals surface area contributed by atoms with Crippen LogP contribution in [0.25, 0.3) is 0 Å². The Balaban J connectivity index is 2.07. The first kappa shape index (κ1) is 13.3. The highest BCUT2D eigenvalue weighted by molar-refractivity contribution is 6.60. The molecule has 0 saturated carbocycles. The summed E-state index contributed by atoms with van der Waals surface area (Å²) < 4.78 is 4.86. The second-order valence-electron chi connectivity index (χ2n) is 3.97. The van der Waals surface area contributed by atoms with E-state index in [4.69, 9.17) is 9.86 Å². The zero-order valence-corrected chi connectivity index (χ0v) is 9.78. The molecule has 0 radical (unpaired) electrons. The van der Waals surface area contributed by atoms with Gasteiger partial charge in [0, 0.05) is 12.8 Å². The monoisotopic (exact) mass is 263 g/mol. The number of carboxylic acid groups (broad SMARTS) is 1. The molecule has 1 aliphatic rings. The fraction of sp³-hybridized carbons (Fsp3) is 0.182. The van der Waals surface area contributed by atoms with Crippen molar-refractivity contribution in [3.05, 3.63) is 29.8 Å². The van der Waals surface area contributed by atoms with Crippen LogP contribution in [0.4, 0.5) is 0 Å². The molecule has 0 bridgehead atoms. The van der Waals surface area contributed by atoms with E-state index in [9.17, 15) is 19.4 Å². The van der Waals surface area contributed by atoms with E-state index in [1.54, 1.807) is 0 Å². The maximum atomic E-state index is 11.3. The van der Waals surface area contributed by atoms with Crippen molar-refractivity contribution >= 4 is 30.4 Å². The van der Waals surface area contributed by atoms with Gasteiger partial charge in [-0.05, 0) is 17.6 Å². The Labute approximate surface area is 108 Å². The van der Waals surface area contributed by atoms with E-state index in [-0.39, 0.29) is 23.9 Å². The molecule has 0 spiro atoms. The highest BCUT2D eigenvalue weighted by Gasteiger charge is 2.34. The molecule has 1 saturated heterocycles. The summed E-state index contributed by atoms with van der Waals surface area (Å²) in [7, 11) is -1.51. The molecule has 1 heterocycles. The number of carbonyl (C=O) groups excluding carboxylic acids is 2. The SMILES string of the molecule is O=C(O)c1ccc(B(O)ON2C(=O)CCC2=O)cc1. The molecule has 8 heteroatoms. The Morgan fingerprint density at radius 3 is 2.16 bits per heavy atom. The fourth-order valence-corrected chi connectivity index (χ4v) is 1.62. The summed E-state index contributed by atoms with van der Waals surface area (Å²) in [6.07, 6.45) is 0.118. The van der Waals surface area contributed by atoms with Gasteiger partial charge >= 0.3 is 13.1 Å². The summed E-state index contributed by atoms with van der Waals surface area (Å²) >= 11 is 0. The van der Waals surface area contributed by atoms with Crippen molar-refractivity contribution in [3.8, 4) is 0 Å². The summed E-state index contributed by atoms with van der Waals surface area (Å²) in [6.45, 7) is 0. The van der Waals surface area contributed by atoms with Crippen molar-refractivity contribution in [1.82, 2.24) is 5.06 Å². The number of rotatable bonds is 4. The fourth-order valence-electron chi connectivity index (χ4n) is 1.62. The number of amides is 2. The van der Waals surface area contributed by atoms with Gasteiger partial charge < -0.3 is 10.1 Å². The molecule has 2 N–H and O–H groups in total. The van der Waals surface area contributed by atoms with E-state index >= 15 is 0 Å².